The van der Waals surface area contributed by atoms with E-state index in [1.54, 1.807) is 0 Å². The van der Waals surface area contributed by atoms with Gasteiger partial charge in [-0.25, -0.2) is 4.79 Å². The Morgan fingerprint density at radius 1 is 1.00 bits per heavy atom. The van der Waals surface area contributed by atoms with Gasteiger partial charge in [0, 0.05) is 6.04 Å². The molecule has 6 heteroatoms. The van der Waals surface area contributed by atoms with Crippen LogP contribution >= 0.6 is 13.5 Å². The molecule has 0 spiro atoms. The summed E-state index contributed by atoms with van der Waals surface area (Å²) in [6.07, 6.45) is 5.96. The molecule has 2 rings (SSSR count). The normalized spacial score (nSPS) is 13.2. The number of rotatable bonds is 1. The molecule has 0 aliphatic heterocycles. The lowest BCUT2D eigenvalue weighted by atomic mass is 9.96. The second-order valence-electron chi connectivity index (χ2n) is 4.68. The van der Waals surface area contributed by atoms with Crippen LogP contribution in [0.5, 0.6) is 0 Å². The third-order valence-electron chi connectivity index (χ3n) is 2.62. The van der Waals surface area contributed by atoms with E-state index in [1.165, 1.54) is 26.2 Å². The van der Waals surface area contributed by atoms with Crippen molar-refractivity contribution in [3.63, 3.8) is 0 Å². The van der Waals surface area contributed by atoms with E-state index in [-0.39, 0.29) is 25.4 Å². The molecule has 5 nitrogen and oxygen atoms in total. The largest absolute Gasteiger partial charge is 0.388 e. The minimum atomic E-state index is -0.382. The molecule has 0 aromatic heterocycles. The van der Waals surface area contributed by atoms with Gasteiger partial charge in [-0.3, -0.25) is 5.41 Å². The van der Waals surface area contributed by atoms with Crippen LogP contribution in [0.1, 0.15) is 39.0 Å². The van der Waals surface area contributed by atoms with E-state index < -0.39 is 0 Å². The molecule has 0 saturated heterocycles. The van der Waals surface area contributed by atoms with Crippen LogP contribution < -0.4 is 16.8 Å². The molecule has 0 radical (unpaired) electrons. The maximum absolute atomic E-state index is 10.4. The van der Waals surface area contributed by atoms with E-state index in [2.05, 4.69) is 5.32 Å². The van der Waals surface area contributed by atoms with E-state index in [1.807, 2.05) is 36.4 Å². The highest BCUT2D eigenvalue weighted by atomic mass is 32.1. The molecule has 1 saturated carbocycles. The number of carbonyl (C=O) groups excluding carboxylic acids is 1. The van der Waals surface area contributed by atoms with Crippen molar-refractivity contribution in [3.05, 3.63) is 36.4 Å². The summed E-state index contributed by atoms with van der Waals surface area (Å²) in [4.78, 5) is 10.4. The number of nitrogens with one attached hydrogen (secondary N) is 2. The van der Waals surface area contributed by atoms with Crippen LogP contribution in [0.3, 0.4) is 0 Å². The van der Waals surface area contributed by atoms with Crippen molar-refractivity contribution in [2.45, 2.75) is 45.1 Å². The fourth-order valence-corrected chi connectivity index (χ4v) is 1.83. The van der Waals surface area contributed by atoms with E-state index in [0.717, 1.165) is 12.8 Å². The zero-order chi connectivity index (χ0) is 15.2. The van der Waals surface area contributed by atoms with Crippen LogP contribution in [0, 0.1) is 5.41 Å². The van der Waals surface area contributed by atoms with Crippen molar-refractivity contribution in [2.75, 3.05) is 0 Å². The van der Waals surface area contributed by atoms with Crippen LogP contribution in [-0.2, 0) is 0 Å². The fraction of sp³-hybridized carbons (Fsp3) is 0.467. The number of hydrogen-bond donors (Lipinski definition) is 4. The molecule has 0 atom stereocenters. The molecule has 0 unspecified atom stereocenters. The number of carbonyl (C=O) groups is 1. The third-order valence-corrected chi connectivity index (χ3v) is 2.62. The summed E-state index contributed by atoms with van der Waals surface area (Å²) < 4.78 is 0. The monoisotopic (exact) mass is 312 g/mol. The number of amidine groups is 1. The molecule has 1 aliphatic carbocycles. The Labute approximate surface area is 134 Å². The zero-order valence-corrected chi connectivity index (χ0v) is 13.6. The van der Waals surface area contributed by atoms with Gasteiger partial charge in [-0.2, -0.15) is 13.5 Å². The quantitative estimate of drug-likeness (QED) is 0.473. The maximum atomic E-state index is 10.4. The lowest BCUT2D eigenvalue weighted by Crippen LogP contribution is -2.39. The molecule has 1 fully saturated rings. The lowest BCUT2D eigenvalue weighted by Gasteiger charge is -2.21. The van der Waals surface area contributed by atoms with E-state index in [0.29, 0.717) is 6.04 Å². The zero-order valence-electron chi connectivity index (χ0n) is 12.6. The van der Waals surface area contributed by atoms with Gasteiger partial charge in [0.1, 0.15) is 0 Å². The first-order valence-electron chi connectivity index (χ1n) is 6.89. The second-order valence-corrected chi connectivity index (χ2v) is 4.68. The van der Waals surface area contributed by atoms with Gasteiger partial charge >= 0.3 is 6.03 Å². The van der Waals surface area contributed by atoms with Crippen molar-refractivity contribution < 1.29 is 4.79 Å². The summed E-state index contributed by atoms with van der Waals surface area (Å²) >= 11 is 0. The van der Waals surface area contributed by atoms with Gasteiger partial charge < -0.3 is 16.8 Å². The smallest absolute Gasteiger partial charge is 0.312 e. The highest BCUT2D eigenvalue weighted by molar-refractivity contribution is 7.59. The molecule has 21 heavy (non-hydrogen) atoms. The fourth-order valence-electron chi connectivity index (χ4n) is 1.83. The summed E-state index contributed by atoms with van der Waals surface area (Å²) in [5.41, 5.74) is 9.67. The Morgan fingerprint density at radius 2 is 1.33 bits per heavy atom. The first-order valence-corrected chi connectivity index (χ1v) is 6.89. The molecular formula is C15H28N4OS. The number of nitrogens with two attached hydrogens (primary N) is 2. The molecule has 1 aromatic carbocycles. The summed E-state index contributed by atoms with van der Waals surface area (Å²) in [6, 6.07) is 12.0. The summed E-state index contributed by atoms with van der Waals surface area (Å²) in [5, 5.41) is 9.00. The van der Waals surface area contributed by atoms with Crippen LogP contribution in [0.25, 0.3) is 0 Å². The Bertz CT molecular complexity index is 336. The number of amides is 2. The third kappa shape index (κ3) is 18.3. The maximum Gasteiger partial charge on any atom is 0.312 e. The molecule has 120 valence electrons. The minimum absolute atomic E-state index is 0. The minimum Gasteiger partial charge on any atom is -0.388 e. The van der Waals surface area contributed by atoms with E-state index in [4.69, 9.17) is 16.9 Å². The average molecular weight is 312 g/mol. The average Bonchev–Trinajstić information content (AvgIpc) is 2.41. The Balaban J connectivity index is 0. The molecule has 0 bridgehead atoms. The highest BCUT2D eigenvalue weighted by Gasteiger charge is 2.13. The Morgan fingerprint density at radius 3 is 1.62 bits per heavy atom. The van der Waals surface area contributed by atoms with Crippen molar-refractivity contribution in [3.8, 4) is 0 Å². The van der Waals surface area contributed by atoms with E-state index in [9.17, 15) is 4.79 Å². The molecule has 2 amide bonds. The Hall–Kier alpha value is -1.69. The van der Waals surface area contributed by atoms with Gasteiger partial charge in [-0.05, 0) is 19.8 Å². The van der Waals surface area contributed by atoms with Gasteiger partial charge in [-0.15, -0.1) is 0 Å². The van der Waals surface area contributed by atoms with Crippen LogP contribution in [0.4, 0.5) is 4.79 Å². The van der Waals surface area contributed by atoms with Gasteiger partial charge in [0.05, 0.1) is 5.84 Å². The standard InChI is InChI=1S/C7H14N2O.C6H6.C2H6N2.H2S/c8-7(10)9-6-4-2-1-3-5-6;1-2-4-6-5-3-1;1-2(3)4;/h6H,1-5H2,(H3,8,9,10);1-6H;1H3,(H3,3,4);1H2. The van der Waals surface area contributed by atoms with Crippen LogP contribution in [0.15, 0.2) is 36.4 Å². The Kier molecular flexibility index (Phi) is 15.1. The predicted molar refractivity (Wildman–Crippen MR) is 94.0 cm³/mol. The summed E-state index contributed by atoms with van der Waals surface area (Å²) in [6.45, 7) is 1.53. The molecule has 0 heterocycles. The number of primary amides is 1. The van der Waals surface area contributed by atoms with Gasteiger partial charge in [0.2, 0.25) is 0 Å². The van der Waals surface area contributed by atoms with Crippen molar-refractivity contribution in [2.24, 2.45) is 11.5 Å². The molecule has 1 aliphatic rings. The number of urea groups is 1. The van der Waals surface area contributed by atoms with Crippen molar-refractivity contribution in [1.29, 1.82) is 5.41 Å². The predicted octanol–water partition coefficient (Wildman–Crippen LogP) is 2.73. The first kappa shape index (κ1) is 21.6. The second kappa shape index (κ2) is 14.7. The number of hydrogen-bond acceptors (Lipinski definition) is 2. The van der Waals surface area contributed by atoms with Gasteiger partial charge in [-0.1, -0.05) is 55.7 Å². The SMILES string of the molecule is CC(=N)N.NC(=O)NC1CCCCC1.S.c1ccccc1. The summed E-state index contributed by atoms with van der Waals surface area (Å²) in [7, 11) is 0. The lowest BCUT2D eigenvalue weighted by molar-refractivity contribution is 0.241. The van der Waals surface area contributed by atoms with Crippen molar-refractivity contribution in [1.82, 2.24) is 5.32 Å². The molecule has 6 N–H and O–H groups in total. The summed E-state index contributed by atoms with van der Waals surface area (Å²) in [5.74, 6) is 0.167. The van der Waals surface area contributed by atoms with Crippen LogP contribution in [-0.4, -0.2) is 17.9 Å². The first-order chi connectivity index (χ1) is 9.52. The van der Waals surface area contributed by atoms with Gasteiger partial charge in [0.15, 0.2) is 0 Å². The topological polar surface area (TPSA) is 105 Å². The van der Waals surface area contributed by atoms with Crippen molar-refractivity contribution >= 4 is 25.4 Å². The number of benzene rings is 1. The van der Waals surface area contributed by atoms with Crippen LogP contribution in [0.2, 0.25) is 0 Å². The molecular weight excluding hydrogens is 284 g/mol. The van der Waals surface area contributed by atoms with E-state index >= 15 is 0 Å². The highest BCUT2D eigenvalue weighted by Crippen LogP contribution is 2.16. The molecule has 1 aromatic rings. The van der Waals surface area contributed by atoms with Gasteiger partial charge in [0.25, 0.3) is 0 Å².